The fourth-order valence-electron chi connectivity index (χ4n) is 1.75. The molecule has 0 radical (unpaired) electrons. The molecule has 0 atom stereocenters. The molecule has 1 amide bonds. The summed E-state index contributed by atoms with van der Waals surface area (Å²) in [6.45, 7) is 4.05. The van der Waals surface area contributed by atoms with Crippen molar-refractivity contribution in [2.24, 2.45) is 0 Å². The molecule has 0 saturated heterocycles. The van der Waals surface area contributed by atoms with Gasteiger partial charge < -0.3 is 15.2 Å². The highest BCUT2D eigenvalue weighted by atomic mass is 16.2. The maximum Gasteiger partial charge on any atom is 0.251 e. The average molecular weight is 262 g/mol. The molecule has 0 aliphatic rings. The van der Waals surface area contributed by atoms with Crippen molar-refractivity contribution >= 4 is 11.6 Å². The van der Waals surface area contributed by atoms with Crippen LogP contribution in [0.5, 0.6) is 0 Å². The van der Waals surface area contributed by atoms with Gasteiger partial charge in [-0.05, 0) is 19.9 Å². The molecule has 1 aromatic rings. The monoisotopic (exact) mass is 262 g/mol. The van der Waals surface area contributed by atoms with Crippen molar-refractivity contribution in [2.75, 3.05) is 12.3 Å². The van der Waals surface area contributed by atoms with E-state index in [1.807, 2.05) is 19.9 Å². The molecule has 0 aliphatic carbocycles. The third-order valence-electron chi connectivity index (χ3n) is 2.72. The molecule has 1 heterocycles. The normalized spacial score (nSPS) is 10.2. The van der Waals surface area contributed by atoms with Crippen LogP contribution in [0.15, 0.2) is 23.1 Å². The number of hydrogen-bond acceptors (Lipinski definition) is 4. The highest BCUT2D eigenvalue weighted by molar-refractivity contribution is 5.76. The van der Waals surface area contributed by atoms with Gasteiger partial charge in [0.05, 0.1) is 12.5 Å². The molecule has 0 unspecified atom stereocenters. The quantitative estimate of drug-likeness (QED) is 0.840. The molecule has 0 spiro atoms. The minimum Gasteiger partial charge on any atom is -0.398 e. The number of nitrogens with two attached hydrogens (primary N) is 1. The summed E-state index contributed by atoms with van der Waals surface area (Å²) in [5.74, 6) is -0.196. The van der Waals surface area contributed by atoms with Crippen LogP contribution in [0.2, 0.25) is 0 Å². The highest BCUT2D eigenvalue weighted by Crippen LogP contribution is 2.03. The molecular formula is C13H18N4O2. The van der Waals surface area contributed by atoms with Crippen LogP contribution in [0, 0.1) is 11.3 Å². The topological polar surface area (TPSA) is 92.1 Å². The van der Waals surface area contributed by atoms with E-state index in [2.05, 4.69) is 0 Å². The number of amides is 1. The summed E-state index contributed by atoms with van der Waals surface area (Å²) >= 11 is 0. The van der Waals surface area contributed by atoms with Crippen LogP contribution in [0.3, 0.4) is 0 Å². The number of nitriles is 1. The van der Waals surface area contributed by atoms with Gasteiger partial charge in [0.25, 0.3) is 5.56 Å². The number of hydrogen-bond donors (Lipinski definition) is 1. The smallest absolute Gasteiger partial charge is 0.251 e. The molecule has 1 aromatic heterocycles. The van der Waals surface area contributed by atoms with E-state index in [1.165, 1.54) is 22.9 Å². The van der Waals surface area contributed by atoms with Gasteiger partial charge in [-0.1, -0.05) is 0 Å². The SMILES string of the molecule is CC(C)N(CCC#N)C(=O)Cn1cc(N)ccc1=O. The van der Waals surface area contributed by atoms with E-state index in [0.29, 0.717) is 12.2 Å². The average Bonchev–Trinajstić information content (AvgIpc) is 2.34. The third kappa shape index (κ3) is 4.14. The molecule has 6 heteroatoms. The molecule has 0 saturated carbocycles. The van der Waals surface area contributed by atoms with Crippen LogP contribution in [0.4, 0.5) is 5.69 Å². The zero-order valence-electron chi connectivity index (χ0n) is 11.2. The molecule has 1 rings (SSSR count). The van der Waals surface area contributed by atoms with Gasteiger partial charge in [0, 0.05) is 30.5 Å². The predicted octanol–water partition coefficient (Wildman–Crippen LogP) is 0.581. The summed E-state index contributed by atoms with van der Waals surface area (Å²) in [6.07, 6.45) is 1.72. The van der Waals surface area contributed by atoms with E-state index >= 15 is 0 Å². The van der Waals surface area contributed by atoms with E-state index in [4.69, 9.17) is 11.0 Å². The molecule has 0 fully saturated rings. The summed E-state index contributed by atoms with van der Waals surface area (Å²) in [5, 5.41) is 8.59. The maximum atomic E-state index is 12.1. The third-order valence-corrected chi connectivity index (χ3v) is 2.72. The summed E-state index contributed by atoms with van der Waals surface area (Å²) < 4.78 is 1.28. The van der Waals surface area contributed by atoms with Crippen molar-refractivity contribution in [2.45, 2.75) is 32.9 Å². The van der Waals surface area contributed by atoms with Crippen LogP contribution in [-0.2, 0) is 11.3 Å². The van der Waals surface area contributed by atoms with Crippen molar-refractivity contribution in [1.82, 2.24) is 9.47 Å². The van der Waals surface area contributed by atoms with Crippen LogP contribution in [0.1, 0.15) is 20.3 Å². The Bertz CT molecular complexity index is 542. The number of pyridine rings is 1. The standard InChI is InChI=1S/C13H18N4O2/c1-10(2)17(7-3-6-14)13(19)9-16-8-11(15)4-5-12(16)18/h4-5,8,10H,3,7,9,15H2,1-2H3. The maximum absolute atomic E-state index is 12.1. The minimum absolute atomic E-state index is 0.0161. The number of nitrogens with zero attached hydrogens (tertiary/aromatic N) is 3. The highest BCUT2D eigenvalue weighted by Gasteiger charge is 2.17. The Labute approximate surface area is 112 Å². The summed E-state index contributed by atoms with van der Waals surface area (Å²) in [7, 11) is 0. The van der Waals surface area contributed by atoms with Gasteiger partial charge in [-0.25, -0.2) is 0 Å². The van der Waals surface area contributed by atoms with Crippen LogP contribution in [0.25, 0.3) is 0 Å². The Morgan fingerprint density at radius 3 is 2.79 bits per heavy atom. The van der Waals surface area contributed by atoms with Gasteiger partial charge >= 0.3 is 0 Å². The van der Waals surface area contributed by atoms with Gasteiger partial charge in [-0.3, -0.25) is 9.59 Å². The number of aromatic nitrogens is 1. The summed E-state index contributed by atoms with van der Waals surface area (Å²) in [4.78, 5) is 25.3. The summed E-state index contributed by atoms with van der Waals surface area (Å²) in [5.41, 5.74) is 5.75. The number of carbonyl (C=O) groups excluding carboxylic acids is 1. The minimum atomic E-state index is -0.272. The second-order valence-corrected chi connectivity index (χ2v) is 4.52. The lowest BCUT2D eigenvalue weighted by atomic mass is 10.2. The molecule has 6 nitrogen and oxygen atoms in total. The second-order valence-electron chi connectivity index (χ2n) is 4.52. The fraction of sp³-hybridized carbons (Fsp3) is 0.462. The summed E-state index contributed by atoms with van der Waals surface area (Å²) in [6, 6.07) is 4.82. The Morgan fingerprint density at radius 2 is 2.21 bits per heavy atom. The van der Waals surface area contributed by atoms with Crippen LogP contribution >= 0.6 is 0 Å². The lowest BCUT2D eigenvalue weighted by Crippen LogP contribution is -2.41. The van der Waals surface area contributed by atoms with Crippen molar-refractivity contribution in [3.63, 3.8) is 0 Å². The van der Waals surface area contributed by atoms with Crippen molar-refractivity contribution in [1.29, 1.82) is 5.26 Å². The van der Waals surface area contributed by atoms with Crippen molar-refractivity contribution in [3.05, 3.63) is 28.7 Å². The predicted molar refractivity (Wildman–Crippen MR) is 72.2 cm³/mol. The molecule has 0 aromatic carbocycles. The van der Waals surface area contributed by atoms with Gasteiger partial charge in [0.15, 0.2) is 0 Å². The van der Waals surface area contributed by atoms with E-state index in [-0.39, 0.29) is 30.5 Å². The van der Waals surface area contributed by atoms with Gasteiger partial charge in [0.1, 0.15) is 6.54 Å². The van der Waals surface area contributed by atoms with Crippen molar-refractivity contribution < 1.29 is 4.79 Å². The van der Waals surface area contributed by atoms with Gasteiger partial charge in [-0.15, -0.1) is 0 Å². The lowest BCUT2D eigenvalue weighted by Gasteiger charge is -2.26. The molecular weight excluding hydrogens is 244 g/mol. The lowest BCUT2D eigenvalue weighted by molar-refractivity contribution is -0.133. The number of carbonyl (C=O) groups is 1. The molecule has 102 valence electrons. The zero-order chi connectivity index (χ0) is 14.4. The van der Waals surface area contributed by atoms with Crippen LogP contribution in [-0.4, -0.2) is 28.0 Å². The van der Waals surface area contributed by atoms with E-state index < -0.39 is 0 Å². The first-order valence-corrected chi connectivity index (χ1v) is 6.08. The van der Waals surface area contributed by atoms with Gasteiger partial charge in [-0.2, -0.15) is 5.26 Å². The first-order valence-electron chi connectivity index (χ1n) is 6.08. The fourth-order valence-corrected chi connectivity index (χ4v) is 1.75. The molecule has 0 bridgehead atoms. The Balaban J connectivity index is 2.84. The Morgan fingerprint density at radius 1 is 1.53 bits per heavy atom. The van der Waals surface area contributed by atoms with E-state index in [1.54, 1.807) is 4.90 Å². The first-order chi connectivity index (χ1) is 8.95. The molecule has 2 N–H and O–H groups in total. The van der Waals surface area contributed by atoms with Crippen molar-refractivity contribution in [3.8, 4) is 6.07 Å². The molecule has 19 heavy (non-hydrogen) atoms. The zero-order valence-corrected chi connectivity index (χ0v) is 11.2. The largest absolute Gasteiger partial charge is 0.398 e. The number of rotatable bonds is 5. The number of nitrogen functional groups attached to an aromatic ring is 1. The van der Waals surface area contributed by atoms with E-state index in [9.17, 15) is 9.59 Å². The molecule has 0 aliphatic heterocycles. The Hall–Kier alpha value is -2.29. The van der Waals surface area contributed by atoms with E-state index in [0.717, 1.165) is 0 Å². The van der Waals surface area contributed by atoms with Gasteiger partial charge in [0.2, 0.25) is 5.91 Å². The Kier molecular flexibility index (Phi) is 5.12. The second kappa shape index (κ2) is 6.59. The number of anilines is 1. The first kappa shape index (κ1) is 14.8. The van der Waals surface area contributed by atoms with Crippen LogP contribution < -0.4 is 11.3 Å².